The van der Waals surface area contributed by atoms with Gasteiger partial charge in [0.2, 0.25) is 0 Å². The number of benzene rings is 2. The number of ether oxygens (including phenoxy) is 2. The molecule has 0 radical (unpaired) electrons. The number of rotatable bonds is 7. The van der Waals surface area contributed by atoms with Gasteiger partial charge >= 0.3 is 6.01 Å². The van der Waals surface area contributed by atoms with Crippen LogP contribution in [0.4, 0.5) is 11.5 Å². The van der Waals surface area contributed by atoms with Crippen molar-refractivity contribution in [2.75, 3.05) is 62.3 Å². The topological polar surface area (TPSA) is 98.6 Å². The number of hydrogen-bond acceptors (Lipinski definition) is 9. The molecule has 2 N–H and O–H groups in total. The van der Waals surface area contributed by atoms with Crippen LogP contribution in [0, 0.1) is 16.7 Å². The van der Waals surface area contributed by atoms with Crippen molar-refractivity contribution >= 4 is 33.9 Å². The molecular formula is C31H36ClN7O2. The number of morpholine rings is 1. The molecule has 3 fully saturated rings. The Bertz CT molecular complexity index is 1460. The number of fused-ring (bicyclic) bond motifs is 2. The number of nitrogens with one attached hydrogen (secondary N) is 2. The largest absolute Gasteiger partial charge is 0.463 e. The van der Waals surface area contributed by atoms with Gasteiger partial charge in [-0.2, -0.15) is 15.2 Å². The van der Waals surface area contributed by atoms with Gasteiger partial charge in [0.1, 0.15) is 5.82 Å². The van der Waals surface area contributed by atoms with Crippen LogP contribution in [0.2, 0.25) is 5.02 Å². The van der Waals surface area contributed by atoms with Crippen molar-refractivity contribution in [1.82, 2.24) is 20.6 Å². The summed E-state index contributed by atoms with van der Waals surface area (Å²) in [4.78, 5) is 14.7. The molecule has 2 aromatic carbocycles. The maximum atomic E-state index is 9.32. The summed E-state index contributed by atoms with van der Waals surface area (Å²) in [6.45, 7) is 6.95. The molecule has 0 amide bonds. The Morgan fingerprint density at radius 2 is 2.00 bits per heavy atom. The SMILES string of the molecule is N#CC[C@H]1CN(c2nc(OCC3(C4CNCCO4)CC3)nc3c2CCN(c2cccc4cccc(Cl)c24)C3)CCN1. The van der Waals surface area contributed by atoms with Gasteiger partial charge in [0.25, 0.3) is 0 Å². The molecule has 3 aliphatic heterocycles. The van der Waals surface area contributed by atoms with Crippen LogP contribution in [0.5, 0.6) is 6.01 Å². The maximum absolute atomic E-state index is 9.32. The normalized spacial score (nSPS) is 23.6. The van der Waals surface area contributed by atoms with Crippen LogP contribution in [0.25, 0.3) is 10.8 Å². The first-order chi connectivity index (χ1) is 20.1. The smallest absolute Gasteiger partial charge is 0.318 e. The second kappa shape index (κ2) is 11.3. The van der Waals surface area contributed by atoms with Gasteiger partial charge in [0.05, 0.1) is 49.1 Å². The van der Waals surface area contributed by atoms with E-state index in [0.29, 0.717) is 25.6 Å². The molecule has 9 nitrogen and oxygen atoms in total. The first-order valence-corrected chi connectivity index (χ1v) is 15.1. The number of halogens is 1. The zero-order valence-corrected chi connectivity index (χ0v) is 24.0. The van der Waals surface area contributed by atoms with Crippen molar-refractivity contribution < 1.29 is 9.47 Å². The maximum Gasteiger partial charge on any atom is 0.318 e. The number of nitriles is 1. The average Bonchev–Trinajstić information content (AvgIpc) is 3.81. The molecule has 10 heteroatoms. The Hall–Kier alpha value is -3.16. The van der Waals surface area contributed by atoms with Crippen LogP contribution in [-0.4, -0.2) is 74.6 Å². The van der Waals surface area contributed by atoms with E-state index in [-0.39, 0.29) is 17.6 Å². The lowest BCUT2D eigenvalue weighted by molar-refractivity contribution is -0.0334. The van der Waals surface area contributed by atoms with Crippen molar-refractivity contribution in [3.63, 3.8) is 0 Å². The van der Waals surface area contributed by atoms with Crippen LogP contribution < -0.4 is 25.2 Å². The molecule has 1 unspecified atom stereocenters. The van der Waals surface area contributed by atoms with Gasteiger partial charge in [0, 0.05) is 67.4 Å². The number of hydrogen-bond donors (Lipinski definition) is 2. The quantitative estimate of drug-likeness (QED) is 0.438. The summed E-state index contributed by atoms with van der Waals surface area (Å²) in [6, 6.07) is 15.3. The molecule has 1 aromatic heterocycles. The molecule has 7 rings (SSSR count). The highest BCUT2D eigenvalue weighted by Crippen LogP contribution is 2.50. The van der Waals surface area contributed by atoms with Crippen molar-refractivity contribution in [1.29, 1.82) is 5.26 Å². The monoisotopic (exact) mass is 573 g/mol. The second-order valence-corrected chi connectivity index (χ2v) is 12.1. The van der Waals surface area contributed by atoms with Gasteiger partial charge in [-0.3, -0.25) is 0 Å². The predicted molar refractivity (Wildman–Crippen MR) is 160 cm³/mol. The van der Waals surface area contributed by atoms with E-state index in [1.54, 1.807) is 0 Å². The Morgan fingerprint density at radius 1 is 1.12 bits per heavy atom. The predicted octanol–water partition coefficient (Wildman–Crippen LogP) is 3.69. The molecule has 2 saturated heterocycles. The molecule has 1 saturated carbocycles. The molecule has 3 aromatic rings. The standard InChI is InChI=1S/C31H36ClN7O2/c32-24-5-1-3-21-4-2-6-26(28(21)24)38-14-8-23-25(19-38)36-30(37-29(23)39-15-12-35-22(18-39)7-11-33)41-20-31(9-10-31)27-17-34-13-16-40-27/h1-6,22,27,34-35H,7-10,12-20H2/t22-,27?/m0/s1. The third-order valence-electron chi connectivity index (χ3n) is 9.08. The molecule has 1 aliphatic carbocycles. The highest BCUT2D eigenvalue weighted by molar-refractivity contribution is 6.36. The lowest BCUT2D eigenvalue weighted by Crippen LogP contribution is -2.51. The molecule has 41 heavy (non-hydrogen) atoms. The third-order valence-corrected chi connectivity index (χ3v) is 9.39. The van der Waals surface area contributed by atoms with Crippen molar-refractivity contribution in [3.8, 4) is 12.1 Å². The summed E-state index contributed by atoms with van der Waals surface area (Å²) in [5.74, 6) is 0.950. The summed E-state index contributed by atoms with van der Waals surface area (Å²) in [7, 11) is 0. The molecule has 0 spiro atoms. The molecule has 0 bridgehead atoms. The number of aromatic nitrogens is 2. The summed E-state index contributed by atoms with van der Waals surface area (Å²) in [5, 5.41) is 19.2. The highest BCUT2D eigenvalue weighted by atomic mass is 35.5. The van der Waals surface area contributed by atoms with E-state index in [2.05, 4.69) is 50.8 Å². The second-order valence-electron chi connectivity index (χ2n) is 11.7. The van der Waals surface area contributed by atoms with E-state index in [1.165, 1.54) is 5.56 Å². The van der Waals surface area contributed by atoms with E-state index < -0.39 is 0 Å². The first-order valence-electron chi connectivity index (χ1n) is 14.8. The minimum atomic E-state index is 0.0333. The van der Waals surface area contributed by atoms with Crippen molar-refractivity contribution in [3.05, 3.63) is 52.7 Å². The van der Waals surface area contributed by atoms with Gasteiger partial charge in [-0.1, -0.05) is 35.9 Å². The minimum Gasteiger partial charge on any atom is -0.463 e. The van der Waals surface area contributed by atoms with Crippen molar-refractivity contribution in [2.24, 2.45) is 5.41 Å². The fourth-order valence-electron chi connectivity index (χ4n) is 6.61. The van der Waals surface area contributed by atoms with Crippen LogP contribution in [0.3, 0.4) is 0 Å². The lowest BCUT2D eigenvalue weighted by Gasteiger charge is -2.37. The first kappa shape index (κ1) is 26.7. The Balaban J connectivity index is 1.20. The van der Waals surface area contributed by atoms with Gasteiger partial charge in [-0.15, -0.1) is 0 Å². The fourth-order valence-corrected chi connectivity index (χ4v) is 6.89. The van der Waals surface area contributed by atoms with Gasteiger partial charge < -0.3 is 29.9 Å². The average molecular weight is 574 g/mol. The van der Waals surface area contributed by atoms with Gasteiger partial charge in [-0.05, 0) is 36.8 Å². The van der Waals surface area contributed by atoms with E-state index in [1.807, 2.05) is 12.1 Å². The highest BCUT2D eigenvalue weighted by Gasteiger charge is 2.51. The summed E-state index contributed by atoms with van der Waals surface area (Å²) >= 11 is 6.70. The number of anilines is 2. The Kier molecular flexibility index (Phi) is 7.34. The van der Waals surface area contributed by atoms with Crippen LogP contribution >= 0.6 is 11.6 Å². The summed E-state index contributed by atoms with van der Waals surface area (Å²) < 4.78 is 12.5. The molecule has 2 atom stereocenters. The van der Waals surface area contributed by atoms with Gasteiger partial charge in [-0.25, -0.2) is 0 Å². The van der Waals surface area contributed by atoms with Crippen LogP contribution in [0.1, 0.15) is 30.5 Å². The summed E-state index contributed by atoms with van der Waals surface area (Å²) in [5.41, 5.74) is 3.33. The number of nitrogens with zero attached hydrogens (tertiary/aromatic N) is 5. The molecule has 4 aliphatic rings. The molecule has 4 heterocycles. The molecule has 214 valence electrons. The zero-order valence-electron chi connectivity index (χ0n) is 23.2. The lowest BCUT2D eigenvalue weighted by atomic mass is 9.99. The Labute approximate surface area is 245 Å². The van der Waals surface area contributed by atoms with E-state index >= 15 is 0 Å². The van der Waals surface area contributed by atoms with Gasteiger partial charge in [0.15, 0.2) is 0 Å². The van der Waals surface area contributed by atoms with Crippen molar-refractivity contribution in [2.45, 2.75) is 44.4 Å². The summed E-state index contributed by atoms with van der Waals surface area (Å²) in [6.07, 6.45) is 3.66. The third kappa shape index (κ3) is 5.30. The minimum absolute atomic E-state index is 0.0333. The van der Waals surface area contributed by atoms with Crippen LogP contribution in [0.15, 0.2) is 36.4 Å². The van der Waals surface area contributed by atoms with Crippen LogP contribution in [-0.2, 0) is 17.7 Å². The van der Waals surface area contributed by atoms with E-state index in [9.17, 15) is 5.26 Å². The zero-order chi connectivity index (χ0) is 27.8. The van der Waals surface area contributed by atoms with E-state index in [4.69, 9.17) is 31.0 Å². The Morgan fingerprint density at radius 3 is 2.80 bits per heavy atom. The van der Waals surface area contributed by atoms with E-state index in [0.717, 1.165) is 98.1 Å². The number of piperazine rings is 1. The molecular weight excluding hydrogens is 538 g/mol. The fraction of sp³-hybridized carbons (Fsp3) is 0.516.